The zero-order chi connectivity index (χ0) is 13.5. The molecular weight excluding hydrogens is 317 g/mol. The molecule has 0 aliphatic heterocycles. The van der Waals surface area contributed by atoms with Gasteiger partial charge in [0, 0.05) is 22.2 Å². The van der Waals surface area contributed by atoms with E-state index in [2.05, 4.69) is 22.1 Å². The summed E-state index contributed by atoms with van der Waals surface area (Å²) in [5.41, 5.74) is 1.41. The van der Waals surface area contributed by atoms with E-state index in [4.69, 9.17) is 23.2 Å². The molecule has 1 aromatic heterocycles. The number of hydrogen-bond donors (Lipinski definition) is 1. The highest BCUT2D eigenvalue weighted by Gasteiger charge is 2.01. The van der Waals surface area contributed by atoms with Gasteiger partial charge in [0.25, 0.3) is 0 Å². The molecule has 0 aliphatic carbocycles. The Morgan fingerprint density at radius 2 is 2.05 bits per heavy atom. The quantitative estimate of drug-likeness (QED) is 0.567. The first kappa shape index (κ1) is 15.2. The van der Waals surface area contributed by atoms with Crippen LogP contribution in [0.4, 0.5) is 0 Å². The van der Waals surface area contributed by atoms with Crippen LogP contribution < -0.4 is 5.32 Å². The van der Waals surface area contributed by atoms with Crippen molar-refractivity contribution in [2.24, 2.45) is 0 Å². The monoisotopic (exact) mass is 331 g/mol. The zero-order valence-corrected chi connectivity index (χ0v) is 13.5. The Balaban J connectivity index is 1.62. The number of thiophene rings is 1. The van der Waals surface area contributed by atoms with Gasteiger partial charge in [0.15, 0.2) is 0 Å². The molecule has 1 heterocycles. The Labute approximate surface area is 132 Å². The van der Waals surface area contributed by atoms with Crippen LogP contribution in [-0.2, 0) is 6.42 Å². The molecule has 19 heavy (non-hydrogen) atoms. The Kier molecular flexibility index (Phi) is 6.54. The third-order valence-electron chi connectivity index (χ3n) is 2.60. The lowest BCUT2D eigenvalue weighted by molar-refractivity contribution is 0.722. The lowest BCUT2D eigenvalue weighted by Crippen LogP contribution is -2.19. The number of rotatable bonds is 7. The Hall–Kier alpha value is -0.190. The summed E-state index contributed by atoms with van der Waals surface area (Å²) in [6.07, 6.45) is 1.09. The number of hydrogen-bond acceptors (Lipinski definition) is 3. The molecule has 0 aliphatic rings. The molecule has 1 aromatic carbocycles. The average Bonchev–Trinajstić information content (AvgIpc) is 2.90. The van der Waals surface area contributed by atoms with E-state index in [1.165, 1.54) is 5.56 Å². The maximum Gasteiger partial charge on any atom is 0.0542 e. The molecule has 2 aromatic rings. The predicted octanol–water partition coefficient (Wildman–Crippen LogP) is 4.98. The molecule has 0 radical (unpaired) electrons. The van der Waals surface area contributed by atoms with Gasteiger partial charge in [-0.3, -0.25) is 0 Å². The molecule has 0 spiro atoms. The van der Waals surface area contributed by atoms with Crippen LogP contribution in [0.15, 0.2) is 39.9 Å². The van der Waals surface area contributed by atoms with Gasteiger partial charge in [-0.25, -0.2) is 0 Å². The van der Waals surface area contributed by atoms with Crippen LogP contribution in [0, 0.1) is 0 Å². The fraction of sp³-hybridized carbons (Fsp3) is 0.286. The summed E-state index contributed by atoms with van der Waals surface area (Å²) in [6.45, 7) is 1.98. The van der Waals surface area contributed by atoms with E-state index >= 15 is 0 Å². The first-order valence-electron chi connectivity index (χ1n) is 6.05. The van der Waals surface area contributed by atoms with Crippen LogP contribution in [0.1, 0.15) is 5.56 Å². The van der Waals surface area contributed by atoms with E-state index in [0.717, 1.165) is 40.2 Å². The second-order valence-corrected chi connectivity index (χ2v) is 6.82. The number of benzene rings is 1. The Morgan fingerprint density at radius 1 is 1.16 bits per heavy atom. The fourth-order valence-corrected chi connectivity index (χ4v) is 3.72. The van der Waals surface area contributed by atoms with Gasteiger partial charge in [-0.1, -0.05) is 23.2 Å². The van der Waals surface area contributed by atoms with Gasteiger partial charge >= 0.3 is 0 Å². The minimum atomic E-state index is 0.734. The Bertz CT molecular complexity index is 500. The van der Waals surface area contributed by atoms with Crippen molar-refractivity contribution in [3.63, 3.8) is 0 Å². The van der Waals surface area contributed by atoms with Gasteiger partial charge in [-0.2, -0.15) is 11.3 Å². The van der Waals surface area contributed by atoms with Gasteiger partial charge in [0.05, 0.1) is 5.02 Å². The second kappa shape index (κ2) is 8.18. The standard InChI is InChI=1S/C14H15Cl2NS2/c15-12-1-2-13(16)14(9-12)19-8-6-17-5-3-11-4-7-18-10-11/h1-2,4,7,9-10,17H,3,5-6,8H2. The van der Waals surface area contributed by atoms with E-state index in [-0.39, 0.29) is 0 Å². The van der Waals surface area contributed by atoms with Crippen LogP contribution >= 0.6 is 46.3 Å². The smallest absolute Gasteiger partial charge is 0.0542 e. The van der Waals surface area contributed by atoms with E-state index in [1.807, 2.05) is 18.2 Å². The van der Waals surface area contributed by atoms with Crippen LogP contribution in [0.3, 0.4) is 0 Å². The molecule has 0 fully saturated rings. The van der Waals surface area contributed by atoms with Crippen LogP contribution in [0.5, 0.6) is 0 Å². The molecule has 5 heteroatoms. The SMILES string of the molecule is Clc1ccc(Cl)c(SCCNCCc2ccsc2)c1. The summed E-state index contributed by atoms with van der Waals surface area (Å²) >= 11 is 15.5. The largest absolute Gasteiger partial charge is 0.316 e. The minimum absolute atomic E-state index is 0.734. The maximum atomic E-state index is 6.11. The van der Waals surface area contributed by atoms with Crippen molar-refractivity contribution < 1.29 is 0 Å². The summed E-state index contributed by atoms with van der Waals surface area (Å²) < 4.78 is 0. The number of halogens is 2. The number of nitrogens with one attached hydrogen (secondary N) is 1. The van der Waals surface area contributed by atoms with Gasteiger partial charge in [0.2, 0.25) is 0 Å². The molecule has 1 nitrogen and oxygen atoms in total. The van der Waals surface area contributed by atoms with Crippen molar-refractivity contribution >= 4 is 46.3 Å². The van der Waals surface area contributed by atoms with E-state index < -0.39 is 0 Å². The summed E-state index contributed by atoms with van der Waals surface area (Å²) in [6, 6.07) is 7.75. The van der Waals surface area contributed by atoms with Gasteiger partial charge in [-0.05, 0) is 53.6 Å². The fourth-order valence-electron chi connectivity index (χ4n) is 1.61. The maximum absolute atomic E-state index is 6.11. The Morgan fingerprint density at radius 3 is 2.84 bits per heavy atom. The molecule has 1 N–H and O–H groups in total. The molecule has 0 unspecified atom stereocenters. The van der Waals surface area contributed by atoms with Crippen molar-refractivity contribution in [2.45, 2.75) is 11.3 Å². The van der Waals surface area contributed by atoms with Crippen LogP contribution in [0.2, 0.25) is 10.0 Å². The lowest BCUT2D eigenvalue weighted by Gasteiger charge is -2.06. The number of thioether (sulfide) groups is 1. The first-order valence-corrected chi connectivity index (χ1v) is 8.74. The highest BCUT2D eigenvalue weighted by Crippen LogP contribution is 2.29. The molecule has 0 amide bonds. The molecule has 0 atom stereocenters. The molecular formula is C14H15Cl2NS2. The van der Waals surface area contributed by atoms with Crippen molar-refractivity contribution in [2.75, 3.05) is 18.8 Å². The van der Waals surface area contributed by atoms with E-state index in [1.54, 1.807) is 23.1 Å². The van der Waals surface area contributed by atoms with Gasteiger partial charge < -0.3 is 5.32 Å². The second-order valence-electron chi connectivity index (χ2n) is 4.05. The molecule has 0 bridgehead atoms. The van der Waals surface area contributed by atoms with Crippen molar-refractivity contribution in [3.05, 3.63) is 50.6 Å². The van der Waals surface area contributed by atoms with Gasteiger partial charge in [0.1, 0.15) is 0 Å². The molecule has 0 saturated heterocycles. The van der Waals surface area contributed by atoms with Gasteiger partial charge in [-0.15, -0.1) is 11.8 Å². The summed E-state index contributed by atoms with van der Waals surface area (Å²) in [7, 11) is 0. The topological polar surface area (TPSA) is 12.0 Å². The van der Waals surface area contributed by atoms with Crippen LogP contribution in [-0.4, -0.2) is 18.8 Å². The van der Waals surface area contributed by atoms with E-state index in [0.29, 0.717) is 0 Å². The minimum Gasteiger partial charge on any atom is -0.316 e. The summed E-state index contributed by atoms with van der Waals surface area (Å²) in [5.74, 6) is 0.990. The summed E-state index contributed by atoms with van der Waals surface area (Å²) in [4.78, 5) is 1.05. The molecule has 2 rings (SSSR count). The third kappa shape index (κ3) is 5.36. The lowest BCUT2D eigenvalue weighted by atomic mass is 10.2. The van der Waals surface area contributed by atoms with Crippen LogP contribution in [0.25, 0.3) is 0 Å². The first-order chi connectivity index (χ1) is 9.25. The third-order valence-corrected chi connectivity index (χ3v) is 5.07. The van der Waals surface area contributed by atoms with Crippen molar-refractivity contribution in [1.29, 1.82) is 0 Å². The summed E-state index contributed by atoms with van der Waals surface area (Å²) in [5, 5.41) is 9.25. The normalized spacial score (nSPS) is 10.8. The highest BCUT2D eigenvalue weighted by atomic mass is 35.5. The van der Waals surface area contributed by atoms with Crippen molar-refractivity contribution in [1.82, 2.24) is 5.32 Å². The predicted molar refractivity (Wildman–Crippen MR) is 88.1 cm³/mol. The average molecular weight is 332 g/mol. The molecule has 0 saturated carbocycles. The zero-order valence-electron chi connectivity index (χ0n) is 10.4. The molecule has 102 valence electrons. The van der Waals surface area contributed by atoms with Crippen molar-refractivity contribution in [3.8, 4) is 0 Å². The van der Waals surface area contributed by atoms with E-state index in [9.17, 15) is 0 Å². The highest BCUT2D eigenvalue weighted by molar-refractivity contribution is 7.99.